The summed E-state index contributed by atoms with van der Waals surface area (Å²) in [7, 11) is 0. The molecule has 0 amide bonds. The van der Waals surface area contributed by atoms with E-state index in [0.29, 0.717) is 5.69 Å². The molecule has 94 valence electrons. The zero-order chi connectivity index (χ0) is 13.5. The third-order valence-electron chi connectivity index (χ3n) is 2.08. The maximum absolute atomic E-state index is 11.7. The van der Waals surface area contributed by atoms with Crippen molar-refractivity contribution in [3.63, 3.8) is 0 Å². The molecule has 5 nitrogen and oxygen atoms in total. The summed E-state index contributed by atoms with van der Waals surface area (Å²) in [4.78, 5) is 26.0. The lowest BCUT2D eigenvalue weighted by molar-refractivity contribution is 0.0688. The summed E-state index contributed by atoms with van der Waals surface area (Å²) in [6.45, 7) is 4.00. The largest absolute Gasteiger partial charge is 0.476 e. The number of carbonyl (C=O) groups is 1. The number of carboxylic acids is 1. The van der Waals surface area contributed by atoms with Crippen molar-refractivity contribution < 1.29 is 9.90 Å². The maximum Gasteiger partial charge on any atom is 0.360 e. The SMILES string of the molecule is CC.O=C(O)c1nccn(-c2ccccc2)c1=O. The topological polar surface area (TPSA) is 72.2 Å². The van der Waals surface area contributed by atoms with Gasteiger partial charge in [-0.15, -0.1) is 0 Å². The molecule has 0 bridgehead atoms. The van der Waals surface area contributed by atoms with Crippen molar-refractivity contribution in [1.29, 1.82) is 0 Å². The van der Waals surface area contributed by atoms with Crippen molar-refractivity contribution in [2.45, 2.75) is 13.8 Å². The summed E-state index contributed by atoms with van der Waals surface area (Å²) in [5.41, 5.74) is -0.509. The molecule has 18 heavy (non-hydrogen) atoms. The molecule has 5 heteroatoms. The first-order valence-electron chi connectivity index (χ1n) is 5.56. The summed E-state index contributed by atoms with van der Waals surface area (Å²) in [5, 5.41) is 8.76. The van der Waals surface area contributed by atoms with Crippen molar-refractivity contribution in [3.8, 4) is 5.69 Å². The second-order valence-electron chi connectivity index (χ2n) is 3.09. The minimum Gasteiger partial charge on any atom is -0.476 e. The van der Waals surface area contributed by atoms with Gasteiger partial charge in [0.15, 0.2) is 0 Å². The van der Waals surface area contributed by atoms with E-state index in [-0.39, 0.29) is 0 Å². The molecule has 1 aromatic heterocycles. The fourth-order valence-corrected chi connectivity index (χ4v) is 1.35. The number of hydrogen-bond donors (Lipinski definition) is 1. The van der Waals surface area contributed by atoms with Gasteiger partial charge in [-0.2, -0.15) is 0 Å². The first-order chi connectivity index (χ1) is 8.70. The number of aromatic nitrogens is 2. The highest BCUT2D eigenvalue weighted by Crippen LogP contribution is 2.03. The van der Waals surface area contributed by atoms with Crippen molar-refractivity contribution in [3.05, 3.63) is 58.8 Å². The second-order valence-corrected chi connectivity index (χ2v) is 3.09. The lowest BCUT2D eigenvalue weighted by Gasteiger charge is -2.04. The molecule has 0 fully saturated rings. The van der Waals surface area contributed by atoms with Gasteiger partial charge in [0.1, 0.15) is 0 Å². The lowest BCUT2D eigenvalue weighted by atomic mass is 10.3. The van der Waals surface area contributed by atoms with E-state index >= 15 is 0 Å². The Balaban J connectivity index is 0.000000771. The number of rotatable bonds is 2. The van der Waals surface area contributed by atoms with Crippen LogP contribution >= 0.6 is 0 Å². The van der Waals surface area contributed by atoms with E-state index in [1.54, 1.807) is 24.3 Å². The van der Waals surface area contributed by atoms with Crippen LogP contribution in [0.3, 0.4) is 0 Å². The van der Waals surface area contributed by atoms with Gasteiger partial charge in [-0.05, 0) is 12.1 Å². The first-order valence-corrected chi connectivity index (χ1v) is 5.56. The van der Waals surface area contributed by atoms with E-state index in [1.807, 2.05) is 19.9 Å². The average Bonchev–Trinajstić information content (AvgIpc) is 2.42. The minimum atomic E-state index is -1.32. The van der Waals surface area contributed by atoms with E-state index in [0.717, 1.165) is 0 Å². The molecule has 2 rings (SSSR count). The first kappa shape index (κ1) is 13.6. The van der Waals surface area contributed by atoms with Crippen LogP contribution in [0.5, 0.6) is 0 Å². The molecule has 2 aromatic rings. The van der Waals surface area contributed by atoms with Gasteiger partial charge in [0.05, 0.1) is 0 Å². The van der Waals surface area contributed by atoms with Crippen LogP contribution in [0.25, 0.3) is 5.69 Å². The highest BCUT2D eigenvalue weighted by molar-refractivity contribution is 5.84. The molecule has 1 heterocycles. The second kappa shape index (κ2) is 6.34. The van der Waals surface area contributed by atoms with Crippen molar-refractivity contribution in [1.82, 2.24) is 9.55 Å². The fourth-order valence-electron chi connectivity index (χ4n) is 1.35. The summed E-state index contributed by atoms with van der Waals surface area (Å²) < 4.78 is 1.25. The molecular formula is C13H14N2O3. The van der Waals surface area contributed by atoms with E-state index in [9.17, 15) is 9.59 Å². The monoisotopic (exact) mass is 246 g/mol. The highest BCUT2D eigenvalue weighted by Gasteiger charge is 2.12. The van der Waals surface area contributed by atoms with E-state index < -0.39 is 17.2 Å². The van der Waals surface area contributed by atoms with Crippen LogP contribution in [0.1, 0.15) is 24.3 Å². The predicted molar refractivity (Wildman–Crippen MR) is 68.1 cm³/mol. The van der Waals surface area contributed by atoms with E-state index in [4.69, 9.17) is 5.11 Å². The third-order valence-corrected chi connectivity index (χ3v) is 2.08. The van der Waals surface area contributed by atoms with Gasteiger partial charge >= 0.3 is 5.97 Å². The maximum atomic E-state index is 11.7. The molecule has 0 aliphatic rings. The van der Waals surface area contributed by atoms with Crippen LogP contribution in [0, 0.1) is 0 Å². The third kappa shape index (κ3) is 2.82. The van der Waals surface area contributed by atoms with Crippen LogP contribution in [0.4, 0.5) is 0 Å². The predicted octanol–water partition coefficient (Wildman–Crippen LogP) is 1.96. The van der Waals surface area contributed by atoms with Crippen LogP contribution in [0.2, 0.25) is 0 Å². The number of para-hydroxylation sites is 1. The fraction of sp³-hybridized carbons (Fsp3) is 0.154. The zero-order valence-corrected chi connectivity index (χ0v) is 10.2. The van der Waals surface area contributed by atoms with Crippen LogP contribution in [-0.2, 0) is 0 Å². The Hall–Kier alpha value is -2.43. The van der Waals surface area contributed by atoms with Gasteiger partial charge in [0.25, 0.3) is 5.56 Å². The van der Waals surface area contributed by atoms with Gasteiger partial charge in [-0.25, -0.2) is 9.78 Å². The van der Waals surface area contributed by atoms with Gasteiger partial charge in [0.2, 0.25) is 5.69 Å². The molecule has 0 atom stereocenters. The summed E-state index contributed by atoms with van der Waals surface area (Å²) in [6.07, 6.45) is 2.72. The minimum absolute atomic E-state index is 0.480. The summed E-state index contributed by atoms with van der Waals surface area (Å²) in [5.74, 6) is -1.32. The molecule has 0 radical (unpaired) electrons. The molecule has 0 aliphatic heterocycles. The Kier molecular flexibility index (Phi) is 4.80. The number of nitrogens with zero attached hydrogens (tertiary/aromatic N) is 2. The quantitative estimate of drug-likeness (QED) is 0.879. The molecule has 0 spiro atoms. The molecule has 0 saturated heterocycles. The molecular weight excluding hydrogens is 232 g/mol. The number of benzene rings is 1. The molecule has 0 aliphatic carbocycles. The lowest BCUT2D eigenvalue weighted by Crippen LogP contribution is -2.26. The number of aromatic carboxylic acids is 1. The molecule has 0 unspecified atom stereocenters. The van der Waals surface area contributed by atoms with Gasteiger partial charge in [0, 0.05) is 18.1 Å². The average molecular weight is 246 g/mol. The molecule has 1 aromatic carbocycles. The Morgan fingerprint density at radius 1 is 1.22 bits per heavy atom. The van der Waals surface area contributed by atoms with Gasteiger partial charge < -0.3 is 5.11 Å². The van der Waals surface area contributed by atoms with Crippen molar-refractivity contribution in [2.24, 2.45) is 0 Å². The number of carboxylic acid groups (broad SMARTS) is 1. The smallest absolute Gasteiger partial charge is 0.360 e. The summed E-state index contributed by atoms with van der Waals surface area (Å²) in [6, 6.07) is 8.78. The van der Waals surface area contributed by atoms with Crippen LogP contribution in [-0.4, -0.2) is 20.6 Å². The highest BCUT2D eigenvalue weighted by atomic mass is 16.4. The number of hydrogen-bond acceptors (Lipinski definition) is 3. The van der Waals surface area contributed by atoms with Crippen molar-refractivity contribution >= 4 is 5.97 Å². The van der Waals surface area contributed by atoms with Crippen LogP contribution < -0.4 is 5.56 Å². The Morgan fingerprint density at radius 2 is 1.83 bits per heavy atom. The zero-order valence-electron chi connectivity index (χ0n) is 10.2. The molecule has 0 saturated carbocycles. The normalized spacial score (nSPS) is 9.22. The van der Waals surface area contributed by atoms with Crippen molar-refractivity contribution in [2.75, 3.05) is 0 Å². The Bertz CT molecular complexity index is 576. The Labute approximate surface area is 104 Å². The molecule has 1 N–H and O–H groups in total. The van der Waals surface area contributed by atoms with E-state index in [2.05, 4.69) is 4.98 Å². The van der Waals surface area contributed by atoms with Crippen LogP contribution in [0.15, 0.2) is 47.5 Å². The van der Waals surface area contributed by atoms with Gasteiger partial charge in [-0.3, -0.25) is 9.36 Å². The summed E-state index contributed by atoms with van der Waals surface area (Å²) >= 11 is 0. The standard InChI is InChI=1S/C11H8N2O3.C2H6/c14-10-9(11(15)16)12-6-7-13(10)8-4-2-1-3-5-8;1-2/h1-7H,(H,15,16);1-2H3. The Morgan fingerprint density at radius 3 is 2.39 bits per heavy atom. The van der Waals surface area contributed by atoms with Gasteiger partial charge in [-0.1, -0.05) is 32.0 Å². The van der Waals surface area contributed by atoms with E-state index in [1.165, 1.54) is 17.0 Å².